The van der Waals surface area contributed by atoms with Crippen molar-refractivity contribution in [1.82, 2.24) is 0 Å². The van der Waals surface area contributed by atoms with Gasteiger partial charge >= 0.3 is 11.9 Å². The van der Waals surface area contributed by atoms with Crippen LogP contribution in [0, 0.1) is 0 Å². The van der Waals surface area contributed by atoms with Crippen LogP contribution in [0.5, 0.6) is 5.75 Å². The second kappa shape index (κ2) is 7.43. The Balaban J connectivity index is 1.78. The molecule has 0 amide bonds. The van der Waals surface area contributed by atoms with Crippen molar-refractivity contribution in [3.05, 3.63) is 59.2 Å². The van der Waals surface area contributed by atoms with Gasteiger partial charge in [0.1, 0.15) is 5.75 Å². The highest BCUT2D eigenvalue weighted by atomic mass is 16.5. The number of nitrogens with zero attached hydrogens (tertiary/aromatic N) is 1. The van der Waals surface area contributed by atoms with Crippen molar-refractivity contribution >= 4 is 17.6 Å². The number of benzene rings is 2. The number of fused-ring (bicyclic) bond motifs is 1. The summed E-state index contributed by atoms with van der Waals surface area (Å²) in [5, 5.41) is 0. The number of esters is 2. The Morgan fingerprint density at radius 3 is 2.37 bits per heavy atom. The van der Waals surface area contributed by atoms with Gasteiger partial charge in [0, 0.05) is 19.3 Å². The number of carbonyl (C=O) groups excluding carboxylic acids is 2. The molecule has 0 aromatic heterocycles. The third kappa shape index (κ3) is 3.97. The van der Waals surface area contributed by atoms with Crippen LogP contribution in [0.3, 0.4) is 0 Å². The van der Waals surface area contributed by atoms with E-state index in [1.54, 1.807) is 37.3 Å². The molecule has 5 heteroatoms. The highest BCUT2D eigenvalue weighted by Crippen LogP contribution is 2.39. The molecule has 0 atom stereocenters. The second-order valence-electron chi connectivity index (χ2n) is 7.42. The normalized spacial score (nSPS) is 15.0. The third-order valence-corrected chi connectivity index (χ3v) is 5.02. The Morgan fingerprint density at radius 1 is 1.04 bits per heavy atom. The van der Waals surface area contributed by atoms with Crippen molar-refractivity contribution in [2.45, 2.75) is 32.6 Å². The van der Waals surface area contributed by atoms with Gasteiger partial charge in [-0.05, 0) is 66.8 Å². The summed E-state index contributed by atoms with van der Waals surface area (Å²) in [6.45, 7) is 7.46. The molecule has 0 saturated carbocycles. The molecular weight excluding hydrogens is 342 g/mol. The SMILES string of the molecule is CCOC(=O)c1ccc(OC(=O)c2ccc3c(c2)C(C)(C)CCN3C)cc1. The molecule has 0 N–H and O–H groups in total. The van der Waals surface area contributed by atoms with Crippen LogP contribution in [0.1, 0.15) is 53.5 Å². The summed E-state index contributed by atoms with van der Waals surface area (Å²) >= 11 is 0. The van der Waals surface area contributed by atoms with Gasteiger partial charge in [0.05, 0.1) is 17.7 Å². The molecule has 1 heterocycles. The molecule has 1 aliphatic heterocycles. The molecule has 5 nitrogen and oxygen atoms in total. The van der Waals surface area contributed by atoms with E-state index in [-0.39, 0.29) is 5.41 Å². The topological polar surface area (TPSA) is 55.8 Å². The number of carbonyl (C=O) groups is 2. The zero-order chi connectivity index (χ0) is 19.6. The molecule has 2 aromatic carbocycles. The van der Waals surface area contributed by atoms with Gasteiger partial charge in [0.15, 0.2) is 0 Å². The van der Waals surface area contributed by atoms with Gasteiger partial charge in [-0.3, -0.25) is 0 Å². The van der Waals surface area contributed by atoms with Crippen LogP contribution in [0.2, 0.25) is 0 Å². The second-order valence-corrected chi connectivity index (χ2v) is 7.42. The van der Waals surface area contributed by atoms with Crippen molar-refractivity contribution in [2.75, 3.05) is 25.1 Å². The quantitative estimate of drug-likeness (QED) is 0.599. The van der Waals surface area contributed by atoms with Crippen molar-refractivity contribution < 1.29 is 19.1 Å². The van der Waals surface area contributed by atoms with Crippen LogP contribution in [-0.2, 0) is 10.2 Å². The predicted octanol–water partition coefficient (Wildman–Crippen LogP) is 4.20. The Bertz CT molecular complexity index is 855. The third-order valence-electron chi connectivity index (χ3n) is 5.02. The average Bonchev–Trinajstić information content (AvgIpc) is 2.65. The lowest BCUT2D eigenvalue weighted by atomic mass is 9.77. The van der Waals surface area contributed by atoms with E-state index in [1.807, 2.05) is 12.1 Å². The van der Waals surface area contributed by atoms with E-state index in [1.165, 1.54) is 0 Å². The molecule has 2 aromatic rings. The van der Waals surface area contributed by atoms with Crippen molar-refractivity contribution in [3.8, 4) is 5.75 Å². The highest BCUT2D eigenvalue weighted by molar-refractivity contribution is 5.93. The lowest BCUT2D eigenvalue weighted by Crippen LogP contribution is -2.35. The largest absolute Gasteiger partial charge is 0.462 e. The van der Waals surface area contributed by atoms with E-state index in [4.69, 9.17) is 9.47 Å². The van der Waals surface area contributed by atoms with Gasteiger partial charge < -0.3 is 14.4 Å². The fourth-order valence-electron chi connectivity index (χ4n) is 3.28. The maximum atomic E-state index is 12.6. The molecule has 0 saturated heterocycles. The zero-order valence-electron chi connectivity index (χ0n) is 16.2. The molecule has 1 aliphatic rings. The van der Waals surface area contributed by atoms with Gasteiger partial charge in [-0.15, -0.1) is 0 Å². The summed E-state index contributed by atoms with van der Waals surface area (Å²) in [5.41, 5.74) is 3.27. The molecule has 0 aliphatic carbocycles. The fourth-order valence-corrected chi connectivity index (χ4v) is 3.28. The van der Waals surface area contributed by atoms with Crippen molar-refractivity contribution in [1.29, 1.82) is 0 Å². The summed E-state index contributed by atoms with van der Waals surface area (Å²) in [6.07, 6.45) is 1.03. The summed E-state index contributed by atoms with van der Waals surface area (Å²) in [7, 11) is 2.07. The number of hydrogen-bond acceptors (Lipinski definition) is 5. The first kappa shape index (κ1) is 19.0. The Hall–Kier alpha value is -2.82. The number of hydrogen-bond donors (Lipinski definition) is 0. The smallest absolute Gasteiger partial charge is 0.343 e. The summed E-state index contributed by atoms with van der Waals surface area (Å²) in [4.78, 5) is 26.5. The first-order chi connectivity index (χ1) is 12.8. The molecule has 0 spiro atoms. The van der Waals surface area contributed by atoms with E-state index in [9.17, 15) is 9.59 Å². The van der Waals surface area contributed by atoms with E-state index in [0.717, 1.165) is 24.2 Å². The predicted molar refractivity (Wildman–Crippen MR) is 105 cm³/mol. The molecule has 27 heavy (non-hydrogen) atoms. The minimum Gasteiger partial charge on any atom is -0.462 e. The van der Waals surface area contributed by atoms with E-state index in [0.29, 0.717) is 23.5 Å². The van der Waals surface area contributed by atoms with Crippen molar-refractivity contribution in [2.24, 2.45) is 0 Å². The molecule has 0 bridgehead atoms. The van der Waals surface area contributed by atoms with E-state index in [2.05, 4.69) is 25.8 Å². The summed E-state index contributed by atoms with van der Waals surface area (Å²) in [6, 6.07) is 12.1. The van der Waals surface area contributed by atoms with Gasteiger partial charge in [-0.2, -0.15) is 0 Å². The van der Waals surface area contributed by atoms with Crippen LogP contribution >= 0.6 is 0 Å². The number of rotatable bonds is 4. The Kier molecular flexibility index (Phi) is 5.22. The average molecular weight is 367 g/mol. The number of ether oxygens (including phenoxy) is 2. The van der Waals surface area contributed by atoms with E-state index >= 15 is 0 Å². The highest BCUT2D eigenvalue weighted by Gasteiger charge is 2.30. The van der Waals surface area contributed by atoms with Gasteiger partial charge in [-0.25, -0.2) is 9.59 Å². The molecule has 0 fully saturated rings. The zero-order valence-corrected chi connectivity index (χ0v) is 16.2. The monoisotopic (exact) mass is 367 g/mol. The van der Waals surface area contributed by atoms with Crippen LogP contribution < -0.4 is 9.64 Å². The summed E-state index contributed by atoms with van der Waals surface area (Å²) in [5.74, 6) is -0.413. The minimum absolute atomic E-state index is 0.0133. The van der Waals surface area contributed by atoms with Gasteiger partial charge in [0.25, 0.3) is 0 Å². The van der Waals surface area contributed by atoms with Crippen LogP contribution in [0.15, 0.2) is 42.5 Å². The first-order valence-corrected chi connectivity index (χ1v) is 9.17. The fraction of sp³-hybridized carbons (Fsp3) is 0.364. The molecular formula is C22H25NO4. The van der Waals surface area contributed by atoms with Crippen LogP contribution in [0.4, 0.5) is 5.69 Å². The lowest BCUT2D eigenvalue weighted by molar-refractivity contribution is 0.0526. The lowest BCUT2D eigenvalue weighted by Gasteiger charge is -2.38. The number of anilines is 1. The Labute approximate surface area is 159 Å². The standard InChI is InChI=1S/C22H25NO4/c1-5-26-20(24)15-6-9-17(10-7-15)27-21(25)16-8-11-19-18(14-16)22(2,3)12-13-23(19)4/h6-11,14H,5,12-13H2,1-4H3. The van der Waals surface area contributed by atoms with Gasteiger partial charge in [-0.1, -0.05) is 13.8 Å². The molecule has 0 radical (unpaired) electrons. The van der Waals surface area contributed by atoms with E-state index < -0.39 is 11.9 Å². The Morgan fingerprint density at radius 2 is 1.70 bits per heavy atom. The van der Waals surface area contributed by atoms with Crippen LogP contribution in [0.25, 0.3) is 0 Å². The molecule has 0 unspecified atom stereocenters. The molecule has 142 valence electrons. The first-order valence-electron chi connectivity index (χ1n) is 9.17. The summed E-state index contributed by atoms with van der Waals surface area (Å²) < 4.78 is 10.4. The van der Waals surface area contributed by atoms with Gasteiger partial charge in [0.2, 0.25) is 0 Å². The maximum absolute atomic E-state index is 12.6. The minimum atomic E-state index is -0.411. The molecule has 3 rings (SSSR count). The van der Waals surface area contributed by atoms with Crippen molar-refractivity contribution in [3.63, 3.8) is 0 Å². The van der Waals surface area contributed by atoms with Crippen LogP contribution in [-0.4, -0.2) is 32.1 Å². The maximum Gasteiger partial charge on any atom is 0.343 e.